The molecule has 0 spiro atoms. The smallest absolute Gasteiger partial charge is 0.130 e. The van der Waals surface area contributed by atoms with Gasteiger partial charge in [0.2, 0.25) is 0 Å². The van der Waals surface area contributed by atoms with E-state index < -0.39 is 0 Å². The Morgan fingerprint density at radius 2 is 2.44 bits per heavy atom. The second kappa shape index (κ2) is 5.49. The van der Waals surface area contributed by atoms with Crippen LogP contribution >= 0.6 is 0 Å². The molecule has 1 aliphatic heterocycles. The Balaban J connectivity index is 2.96. The molecular formula is C12H20N4. The standard InChI is InChI=1S/C12H20N4/c1-5-11(8-13)12-15-10(3)14-9(2)6-7-16(12)4/h6-8,11-13H,2,5H2,1,3-4H3,(H,14,15)/b7-6-,13-8?/t11-,12?/m0/s1. The van der Waals surface area contributed by atoms with Gasteiger partial charge < -0.3 is 15.6 Å². The lowest BCUT2D eigenvalue weighted by atomic mass is 10.0. The molecule has 0 radical (unpaired) electrons. The predicted octanol–water partition coefficient (Wildman–Crippen LogP) is 1.97. The highest BCUT2D eigenvalue weighted by Crippen LogP contribution is 2.15. The Hall–Kier alpha value is -1.58. The lowest BCUT2D eigenvalue weighted by Gasteiger charge is -2.30. The molecule has 1 unspecified atom stereocenters. The number of rotatable bonds is 3. The lowest BCUT2D eigenvalue weighted by Crippen LogP contribution is -2.37. The van der Waals surface area contributed by atoms with E-state index in [4.69, 9.17) is 5.41 Å². The molecule has 0 aliphatic carbocycles. The van der Waals surface area contributed by atoms with E-state index in [9.17, 15) is 0 Å². The summed E-state index contributed by atoms with van der Waals surface area (Å²) >= 11 is 0. The van der Waals surface area contributed by atoms with Crippen molar-refractivity contribution in [3.63, 3.8) is 0 Å². The molecule has 16 heavy (non-hydrogen) atoms. The van der Waals surface area contributed by atoms with E-state index in [0.717, 1.165) is 18.0 Å². The zero-order valence-corrected chi connectivity index (χ0v) is 10.2. The van der Waals surface area contributed by atoms with Crippen LogP contribution in [-0.4, -0.2) is 30.2 Å². The molecule has 88 valence electrons. The minimum atomic E-state index is -0.0145. The summed E-state index contributed by atoms with van der Waals surface area (Å²) in [5, 5.41) is 10.5. The van der Waals surface area contributed by atoms with Crippen molar-refractivity contribution in [3.8, 4) is 0 Å². The number of amidine groups is 1. The fraction of sp³-hybridized carbons (Fsp3) is 0.500. The van der Waals surface area contributed by atoms with Gasteiger partial charge in [0.1, 0.15) is 12.0 Å². The van der Waals surface area contributed by atoms with Gasteiger partial charge in [-0.2, -0.15) is 0 Å². The van der Waals surface area contributed by atoms with Gasteiger partial charge in [0, 0.05) is 31.1 Å². The Labute approximate surface area is 97.3 Å². The van der Waals surface area contributed by atoms with Gasteiger partial charge in [0.15, 0.2) is 0 Å². The molecule has 2 N–H and O–H groups in total. The minimum absolute atomic E-state index is 0.0145. The van der Waals surface area contributed by atoms with Crippen LogP contribution < -0.4 is 5.32 Å². The third kappa shape index (κ3) is 2.95. The number of nitrogens with zero attached hydrogens (tertiary/aromatic N) is 2. The highest BCUT2D eigenvalue weighted by molar-refractivity contribution is 5.82. The van der Waals surface area contributed by atoms with E-state index in [1.165, 1.54) is 6.21 Å². The second-order valence-electron chi connectivity index (χ2n) is 4.00. The van der Waals surface area contributed by atoms with Crippen LogP contribution in [0.15, 0.2) is 29.5 Å². The predicted molar refractivity (Wildman–Crippen MR) is 68.6 cm³/mol. The molecular weight excluding hydrogens is 200 g/mol. The summed E-state index contributed by atoms with van der Waals surface area (Å²) in [6.07, 6.45) is 6.23. The fourth-order valence-electron chi connectivity index (χ4n) is 1.70. The average Bonchev–Trinajstić information content (AvgIpc) is 2.24. The van der Waals surface area contributed by atoms with Crippen molar-refractivity contribution >= 4 is 12.1 Å². The van der Waals surface area contributed by atoms with Crippen LogP contribution in [0, 0.1) is 11.3 Å². The Morgan fingerprint density at radius 3 is 3.00 bits per heavy atom. The van der Waals surface area contributed by atoms with Crippen molar-refractivity contribution in [2.45, 2.75) is 26.4 Å². The van der Waals surface area contributed by atoms with Gasteiger partial charge in [-0.05, 0) is 19.4 Å². The molecule has 0 bridgehead atoms. The summed E-state index contributed by atoms with van der Waals surface area (Å²) in [5.41, 5.74) is 0.828. The first kappa shape index (κ1) is 12.5. The molecule has 0 aromatic heterocycles. The maximum Gasteiger partial charge on any atom is 0.130 e. The number of hydrogen-bond donors (Lipinski definition) is 2. The van der Waals surface area contributed by atoms with Crippen LogP contribution in [0.25, 0.3) is 0 Å². The third-order valence-corrected chi connectivity index (χ3v) is 2.66. The van der Waals surface area contributed by atoms with Gasteiger partial charge in [-0.1, -0.05) is 13.5 Å². The Bertz CT molecular complexity index is 330. The zero-order valence-electron chi connectivity index (χ0n) is 10.2. The molecule has 0 saturated carbocycles. The van der Waals surface area contributed by atoms with Crippen molar-refractivity contribution in [2.24, 2.45) is 10.9 Å². The quantitative estimate of drug-likeness (QED) is 0.714. The summed E-state index contributed by atoms with van der Waals surface area (Å²) in [6, 6.07) is 0. The van der Waals surface area contributed by atoms with E-state index in [1.54, 1.807) is 0 Å². The lowest BCUT2D eigenvalue weighted by molar-refractivity contribution is 0.283. The van der Waals surface area contributed by atoms with E-state index in [1.807, 2.05) is 31.1 Å². The van der Waals surface area contributed by atoms with Gasteiger partial charge in [0.25, 0.3) is 0 Å². The summed E-state index contributed by atoms with van der Waals surface area (Å²) in [5.74, 6) is 0.976. The monoisotopic (exact) mass is 220 g/mol. The minimum Gasteiger partial charge on any atom is -0.358 e. The first-order valence-electron chi connectivity index (χ1n) is 5.49. The van der Waals surface area contributed by atoms with Crippen LogP contribution in [0.2, 0.25) is 0 Å². The van der Waals surface area contributed by atoms with Gasteiger partial charge in [-0.3, -0.25) is 0 Å². The van der Waals surface area contributed by atoms with Crippen LogP contribution in [0.5, 0.6) is 0 Å². The van der Waals surface area contributed by atoms with E-state index >= 15 is 0 Å². The maximum atomic E-state index is 7.43. The number of nitrogens with one attached hydrogen (secondary N) is 2. The van der Waals surface area contributed by atoms with E-state index in [-0.39, 0.29) is 12.1 Å². The van der Waals surface area contributed by atoms with Gasteiger partial charge in [-0.25, -0.2) is 4.99 Å². The normalized spacial score (nSPS) is 28.2. The highest BCUT2D eigenvalue weighted by atomic mass is 15.2. The Kier molecular flexibility index (Phi) is 4.28. The SMILES string of the molecule is C=C1/C=C\N(C)C([C@H](C=N)CC)/N=C(\C)N1. The van der Waals surface area contributed by atoms with Crippen molar-refractivity contribution < 1.29 is 0 Å². The summed E-state index contributed by atoms with van der Waals surface area (Å²) < 4.78 is 0. The fourth-order valence-corrected chi connectivity index (χ4v) is 1.70. The molecule has 0 saturated heterocycles. The highest BCUT2D eigenvalue weighted by Gasteiger charge is 2.21. The molecule has 0 amide bonds. The van der Waals surface area contributed by atoms with Crippen LogP contribution in [-0.2, 0) is 0 Å². The van der Waals surface area contributed by atoms with Crippen molar-refractivity contribution in [1.29, 1.82) is 5.41 Å². The van der Waals surface area contributed by atoms with Crippen LogP contribution in [0.1, 0.15) is 20.3 Å². The summed E-state index contributed by atoms with van der Waals surface area (Å²) in [7, 11) is 1.97. The molecule has 1 heterocycles. The number of allylic oxidation sites excluding steroid dienone is 1. The molecule has 2 atom stereocenters. The van der Waals surface area contributed by atoms with Crippen molar-refractivity contribution in [3.05, 3.63) is 24.6 Å². The van der Waals surface area contributed by atoms with Gasteiger partial charge in [-0.15, -0.1) is 0 Å². The van der Waals surface area contributed by atoms with E-state index in [0.29, 0.717) is 0 Å². The third-order valence-electron chi connectivity index (χ3n) is 2.66. The van der Waals surface area contributed by atoms with Crippen LogP contribution in [0.3, 0.4) is 0 Å². The number of aliphatic imine (C=N–C) groups is 1. The summed E-state index contributed by atoms with van der Waals surface area (Å²) in [6.45, 7) is 7.85. The molecule has 0 aromatic carbocycles. The average molecular weight is 220 g/mol. The first-order chi connectivity index (χ1) is 7.58. The molecule has 4 heteroatoms. The zero-order chi connectivity index (χ0) is 12.1. The molecule has 1 rings (SSSR count). The molecule has 0 aromatic rings. The van der Waals surface area contributed by atoms with Gasteiger partial charge in [0.05, 0.1) is 0 Å². The topological polar surface area (TPSA) is 51.5 Å². The largest absolute Gasteiger partial charge is 0.358 e. The van der Waals surface area contributed by atoms with Gasteiger partial charge >= 0.3 is 0 Å². The summed E-state index contributed by atoms with van der Waals surface area (Å²) in [4.78, 5) is 6.60. The van der Waals surface area contributed by atoms with E-state index in [2.05, 4.69) is 23.8 Å². The Morgan fingerprint density at radius 1 is 1.75 bits per heavy atom. The maximum absolute atomic E-state index is 7.43. The molecule has 1 aliphatic rings. The van der Waals surface area contributed by atoms with Crippen molar-refractivity contribution in [1.82, 2.24) is 10.2 Å². The second-order valence-corrected chi connectivity index (χ2v) is 4.00. The van der Waals surface area contributed by atoms with Crippen LogP contribution in [0.4, 0.5) is 0 Å². The number of hydrogen-bond acceptors (Lipinski definition) is 4. The molecule has 4 nitrogen and oxygen atoms in total. The first-order valence-corrected chi connectivity index (χ1v) is 5.49. The molecule has 0 fully saturated rings. The van der Waals surface area contributed by atoms with Crippen molar-refractivity contribution in [2.75, 3.05) is 7.05 Å².